The average Bonchev–Trinajstić information content (AvgIpc) is 2.72. The highest BCUT2D eigenvalue weighted by molar-refractivity contribution is 5.45. The van der Waals surface area contributed by atoms with E-state index in [1.165, 1.54) is 52.1 Å². The van der Waals surface area contributed by atoms with E-state index in [0.29, 0.717) is 11.1 Å². The molecule has 0 aromatic heterocycles. The maximum Gasteiger partial charge on any atom is 0.411 e. The predicted molar refractivity (Wildman–Crippen MR) is 125 cm³/mol. The molecule has 0 saturated carbocycles. The van der Waals surface area contributed by atoms with Gasteiger partial charge in [0.05, 0.1) is 0 Å². The van der Waals surface area contributed by atoms with E-state index in [9.17, 15) is 26.3 Å². The van der Waals surface area contributed by atoms with Gasteiger partial charge in [0, 0.05) is 0 Å². The lowest BCUT2D eigenvalue weighted by atomic mass is 9.72. The van der Waals surface area contributed by atoms with Crippen LogP contribution in [0.25, 0.3) is 0 Å². The van der Waals surface area contributed by atoms with E-state index < -0.39 is 28.9 Å². The Morgan fingerprint density at radius 1 is 0.441 bits per heavy atom. The second-order valence-corrected chi connectivity index (χ2v) is 8.86. The summed E-state index contributed by atoms with van der Waals surface area (Å²) in [6.07, 6.45) is -11.1. The lowest BCUT2D eigenvalue weighted by molar-refractivity contribution is -0.288. The number of aryl methyl sites for hydroxylation is 4. The van der Waals surface area contributed by atoms with Crippen LogP contribution in [0, 0.1) is 48.5 Å². The third kappa shape index (κ3) is 5.16. The molecule has 0 spiro atoms. The lowest BCUT2D eigenvalue weighted by Crippen LogP contribution is -2.54. The van der Waals surface area contributed by atoms with Crippen molar-refractivity contribution in [3.63, 3.8) is 0 Å². The van der Waals surface area contributed by atoms with Crippen molar-refractivity contribution < 1.29 is 26.3 Å². The zero-order valence-corrected chi connectivity index (χ0v) is 20.5. The topological polar surface area (TPSA) is 0 Å². The standard InChI is InChI=1S/C17H14F6.C11H16/c1-11-3-7-13(8-4-11)15(16(18,19)20,17(21,22)23)14-9-5-12(2)6-10-14;1-7-6-8(2)10(4)11(5)9(7)3/h3-10H,1-2H3;6H,1-5H3. The van der Waals surface area contributed by atoms with E-state index in [1.54, 1.807) is 13.8 Å². The van der Waals surface area contributed by atoms with Crippen molar-refractivity contribution in [2.45, 2.75) is 66.2 Å². The first-order valence-corrected chi connectivity index (χ1v) is 10.9. The van der Waals surface area contributed by atoms with Crippen molar-refractivity contribution in [1.29, 1.82) is 0 Å². The van der Waals surface area contributed by atoms with Crippen LogP contribution in [-0.2, 0) is 5.41 Å². The van der Waals surface area contributed by atoms with Crippen LogP contribution in [-0.4, -0.2) is 12.4 Å². The SMILES string of the molecule is Cc1cc(C)c(C)c(C)c1C.Cc1ccc(C(c2ccc(C)cc2)(C(F)(F)F)C(F)(F)F)cc1. The first-order chi connectivity index (χ1) is 15.5. The van der Waals surface area contributed by atoms with Crippen LogP contribution in [0.4, 0.5) is 26.3 Å². The molecule has 34 heavy (non-hydrogen) atoms. The van der Waals surface area contributed by atoms with Gasteiger partial charge < -0.3 is 0 Å². The van der Waals surface area contributed by atoms with Gasteiger partial charge in [0.15, 0.2) is 0 Å². The van der Waals surface area contributed by atoms with Crippen molar-refractivity contribution in [3.8, 4) is 0 Å². The molecule has 184 valence electrons. The molecule has 0 aliphatic heterocycles. The molecule has 3 aromatic rings. The van der Waals surface area contributed by atoms with Crippen molar-refractivity contribution in [2.75, 3.05) is 0 Å². The van der Waals surface area contributed by atoms with Crippen molar-refractivity contribution >= 4 is 0 Å². The molecule has 0 fully saturated rings. The van der Waals surface area contributed by atoms with Crippen molar-refractivity contribution in [1.82, 2.24) is 0 Å². The van der Waals surface area contributed by atoms with Crippen molar-refractivity contribution in [3.05, 3.63) is 105 Å². The molecule has 0 aliphatic rings. The Bertz CT molecular complexity index is 1030. The molecule has 0 atom stereocenters. The van der Waals surface area contributed by atoms with Gasteiger partial charge in [-0.1, -0.05) is 65.7 Å². The van der Waals surface area contributed by atoms with Gasteiger partial charge in [-0.25, -0.2) is 0 Å². The summed E-state index contributed by atoms with van der Waals surface area (Å²) in [6, 6.07) is 10.8. The molecular weight excluding hydrogens is 450 g/mol. The normalized spacial score (nSPS) is 12.3. The van der Waals surface area contributed by atoms with E-state index in [2.05, 4.69) is 40.7 Å². The van der Waals surface area contributed by atoms with Crippen LogP contribution in [0.2, 0.25) is 0 Å². The Morgan fingerprint density at radius 3 is 1.00 bits per heavy atom. The number of halogens is 6. The molecule has 0 amide bonds. The van der Waals surface area contributed by atoms with E-state index in [-0.39, 0.29) is 0 Å². The van der Waals surface area contributed by atoms with Crippen LogP contribution >= 0.6 is 0 Å². The summed E-state index contributed by atoms with van der Waals surface area (Å²) in [5.74, 6) is 0. The predicted octanol–water partition coefficient (Wildman–Crippen LogP) is 8.94. The number of alkyl halides is 6. The third-order valence-electron chi connectivity index (χ3n) is 6.56. The number of benzene rings is 3. The van der Waals surface area contributed by atoms with Gasteiger partial charge in [0.1, 0.15) is 0 Å². The fraction of sp³-hybridized carbons (Fsp3) is 0.357. The van der Waals surface area contributed by atoms with Crippen LogP contribution in [0.1, 0.15) is 50.1 Å². The molecule has 0 aliphatic carbocycles. The number of hydrogen-bond acceptors (Lipinski definition) is 0. The molecule has 0 nitrogen and oxygen atoms in total. The van der Waals surface area contributed by atoms with Gasteiger partial charge in [-0.2, -0.15) is 26.3 Å². The Labute approximate surface area is 197 Å². The van der Waals surface area contributed by atoms with E-state index >= 15 is 0 Å². The summed E-state index contributed by atoms with van der Waals surface area (Å²) in [5.41, 5.74) is 2.56. The molecule has 0 heterocycles. The van der Waals surface area contributed by atoms with Crippen LogP contribution in [0.15, 0.2) is 54.6 Å². The fourth-order valence-corrected chi connectivity index (χ4v) is 4.00. The Kier molecular flexibility index (Phi) is 7.96. The van der Waals surface area contributed by atoms with Crippen LogP contribution < -0.4 is 0 Å². The summed E-state index contributed by atoms with van der Waals surface area (Å²) >= 11 is 0. The maximum absolute atomic E-state index is 13.7. The Morgan fingerprint density at radius 2 is 0.735 bits per heavy atom. The van der Waals surface area contributed by atoms with Gasteiger partial charge in [-0.15, -0.1) is 0 Å². The zero-order valence-electron chi connectivity index (χ0n) is 20.5. The van der Waals surface area contributed by atoms with Gasteiger partial charge in [-0.05, 0) is 87.4 Å². The maximum atomic E-state index is 13.7. The Hall–Kier alpha value is -2.76. The highest BCUT2D eigenvalue weighted by atomic mass is 19.4. The van der Waals surface area contributed by atoms with E-state index in [1.807, 2.05) is 0 Å². The summed E-state index contributed by atoms with van der Waals surface area (Å²) < 4.78 is 82.3. The molecule has 0 radical (unpaired) electrons. The quantitative estimate of drug-likeness (QED) is 0.321. The highest BCUT2D eigenvalue weighted by Gasteiger charge is 2.72. The molecule has 0 unspecified atom stereocenters. The molecule has 0 bridgehead atoms. The summed E-state index contributed by atoms with van der Waals surface area (Å²) in [5, 5.41) is 0. The molecule has 3 rings (SSSR count). The average molecular weight is 481 g/mol. The number of hydrogen-bond donors (Lipinski definition) is 0. The first-order valence-electron chi connectivity index (χ1n) is 10.9. The molecule has 3 aromatic carbocycles. The van der Waals surface area contributed by atoms with Gasteiger partial charge >= 0.3 is 12.4 Å². The molecule has 0 N–H and O–H groups in total. The summed E-state index contributed by atoms with van der Waals surface area (Å²) in [4.78, 5) is 0. The summed E-state index contributed by atoms with van der Waals surface area (Å²) in [7, 11) is 0. The minimum absolute atomic E-state index is 0.580. The Balaban J connectivity index is 0.000000310. The van der Waals surface area contributed by atoms with Gasteiger partial charge in [-0.3, -0.25) is 0 Å². The first kappa shape index (κ1) is 27.5. The minimum Gasteiger partial charge on any atom is -0.169 e. The second kappa shape index (κ2) is 9.85. The largest absolute Gasteiger partial charge is 0.411 e. The van der Waals surface area contributed by atoms with Crippen LogP contribution in [0.3, 0.4) is 0 Å². The van der Waals surface area contributed by atoms with Gasteiger partial charge in [0.2, 0.25) is 5.41 Å². The zero-order chi connectivity index (χ0) is 26.1. The molecule has 6 heteroatoms. The van der Waals surface area contributed by atoms with Crippen LogP contribution in [0.5, 0.6) is 0 Å². The minimum atomic E-state index is -5.53. The third-order valence-corrected chi connectivity index (χ3v) is 6.56. The monoisotopic (exact) mass is 480 g/mol. The van der Waals surface area contributed by atoms with E-state index in [4.69, 9.17) is 0 Å². The van der Waals surface area contributed by atoms with Crippen molar-refractivity contribution in [2.24, 2.45) is 0 Å². The molecular formula is C28H30F6. The van der Waals surface area contributed by atoms with E-state index in [0.717, 1.165) is 24.3 Å². The highest BCUT2D eigenvalue weighted by Crippen LogP contribution is 2.56. The number of rotatable bonds is 2. The van der Waals surface area contributed by atoms with Gasteiger partial charge in [0.25, 0.3) is 0 Å². The second-order valence-electron chi connectivity index (χ2n) is 8.86. The summed E-state index contributed by atoms with van der Waals surface area (Å²) in [6.45, 7) is 14.1. The lowest BCUT2D eigenvalue weighted by Gasteiger charge is -2.38. The smallest absolute Gasteiger partial charge is 0.169 e. The molecule has 0 saturated heterocycles. The fourth-order valence-electron chi connectivity index (χ4n) is 4.00.